The Morgan fingerprint density at radius 1 is 0.933 bits per heavy atom. The molecule has 0 aliphatic heterocycles. The minimum Gasteiger partial charge on any atom is -0.507 e. The average molecular weight is 397 g/mol. The van der Waals surface area contributed by atoms with Crippen LogP contribution in [0.3, 0.4) is 0 Å². The van der Waals surface area contributed by atoms with Gasteiger partial charge in [0, 0.05) is 27.7 Å². The molecule has 1 aromatic heterocycles. The van der Waals surface area contributed by atoms with Crippen molar-refractivity contribution in [2.75, 3.05) is 5.32 Å². The summed E-state index contributed by atoms with van der Waals surface area (Å²) < 4.78 is 0. The number of hydrogen-bond donors (Lipinski definition) is 3. The van der Waals surface area contributed by atoms with Crippen LogP contribution in [-0.4, -0.2) is 20.9 Å². The summed E-state index contributed by atoms with van der Waals surface area (Å²) in [5, 5.41) is 27.9. The number of hydrogen-bond acceptors (Lipinski definition) is 4. The predicted octanol–water partition coefficient (Wildman–Crippen LogP) is 5.34. The van der Waals surface area contributed by atoms with Gasteiger partial charge in [0.15, 0.2) is 0 Å². The number of para-hydroxylation sites is 3. The van der Waals surface area contributed by atoms with E-state index in [0.717, 1.165) is 32.6 Å². The lowest BCUT2D eigenvalue weighted by atomic mass is 10.0. The highest BCUT2D eigenvalue weighted by Gasteiger charge is 2.19. The first-order valence-electron chi connectivity index (χ1n) is 9.24. The third-order valence-electron chi connectivity index (χ3n) is 5.21. The molecule has 0 aliphatic rings. The summed E-state index contributed by atoms with van der Waals surface area (Å²) >= 11 is 0. The lowest BCUT2D eigenvalue weighted by Gasteiger charge is -2.09. The minimum absolute atomic E-state index is 0.0381. The van der Waals surface area contributed by atoms with Crippen LogP contribution >= 0.6 is 0 Å². The molecule has 0 spiro atoms. The molecule has 3 N–H and O–H groups in total. The van der Waals surface area contributed by atoms with E-state index in [1.807, 2.05) is 36.4 Å². The van der Waals surface area contributed by atoms with Gasteiger partial charge < -0.3 is 15.4 Å². The number of nitrogens with one attached hydrogen (secondary N) is 2. The normalized spacial score (nSPS) is 11.2. The maximum Gasteiger partial charge on any atom is 0.292 e. The maximum atomic E-state index is 12.8. The van der Waals surface area contributed by atoms with Crippen molar-refractivity contribution >= 4 is 49.9 Å². The fourth-order valence-corrected chi connectivity index (χ4v) is 3.79. The van der Waals surface area contributed by atoms with Crippen molar-refractivity contribution in [3.63, 3.8) is 0 Å². The first kappa shape index (κ1) is 17.7. The largest absolute Gasteiger partial charge is 0.507 e. The third kappa shape index (κ3) is 2.72. The van der Waals surface area contributed by atoms with Crippen LogP contribution in [0.2, 0.25) is 0 Å². The predicted molar refractivity (Wildman–Crippen MR) is 116 cm³/mol. The number of phenols is 1. The van der Waals surface area contributed by atoms with Gasteiger partial charge in [-0.1, -0.05) is 42.5 Å². The summed E-state index contributed by atoms with van der Waals surface area (Å²) in [4.78, 5) is 26.7. The van der Waals surface area contributed by atoms with E-state index in [1.54, 1.807) is 18.2 Å². The first-order valence-corrected chi connectivity index (χ1v) is 9.24. The first-order chi connectivity index (χ1) is 14.5. The number of nitro benzene ring substituents is 1. The SMILES string of the molecule is O=C(Nc1ccccc1[N+](=O)[O-])c1cc2ccc3c4ccccc4[nH]c3c2cc1O. The monoisotopic (exact) mass is 397 g/mol. The van der Waals surface area contributed by atoms with Crippen LogP contribution in [-0.2, 0) is 0 Å². The molecule has 0 atom stereocenters. The molecular formula is C23H15N3O4. The van der Waals surface area contributed by atoms with Gasteiger partial charge >= 0.3 is 0 Å². The van der Waals surface area contributed by atoms with E-state index in [1.165, 1.54) is 18.2 Å². The van der Waals surface area contributed by atoms with Crippen molar-refractivity contribution in [3.05, 3.63) is 88.5 Å². The van der Waals surface area contributed by atoms with Gasteiger partial charge in [0.1, 0.15) is 11.4 Å². The molecule has 7 nitrogen and oxygen atoms in total. The van der Waals surface area contributed by atoms with Gasteiger partial charge in [0.05, 0.1) is 16.0 Å². The van der Waals surface area contributed by atoms with Crippen LogP contribution in [0.15, 0.2) is 72.8 Å². The third-order valence-corrected chi connectivity index (χ3v) is 5.21. The molecule has 5 rings (SSSR count). The zero-order valence-corrected chi connectivity index (χ0v) is 15.5. The number of amides is 1. The Morgan fingerprint density at radius 3 is 2.53 bits per heavy atom. The molecule has 146 valence electrons. The highest BCUT2D eigenvalue weighted by atomic mass is 16.6. The van der Waals surface area contributed by atoms with Gasteiger partial charge in [0.25, 0.3) is 11.6 Å². The molecule has 1 heterocycles. The molecular weight excluding hydrogens is 382 g/mol. The van der Waals surface area contributed by atoms with Crippen LogP contribution in [0, 0.1) is 10.1 Å². The van der Waals surface area contributed by atoms with E-state index < -0.39 is 10.8 Å². The fourth-order valence-electron chi connectivity index (χ4n) is 3.79. The van der Waals surface area contributed by atoms with Crippen molar-refractivity contribution in [1.29, 1.82) is 0 Å². The Bertz CT molecular complexity index is 1490. The van der Waals surface area contributed by atoms with Crippen LogP contribution in [0.25, 0.3) is 32.6 Å². The van der Waals surface area contributed by atoms with Crippen molar-refractivity contribution in [1.82, 2.24) is 4.98 Å². The van der Waals surface area contributed by atoms with E-state index in [0.29, 0.717) is 0 Å². The Morgan fingerprint density at radius 2 is 1.70 bits per heavy atom. The lowest BCUT2D eigenvalue weighted by molar-refractivity contribution is -0.383. The van der Waals surface area contributed by atoms with Gasteiger partial charge in [-0.2, -0.15) is 0 Å². The summed E-state index contributed by atoms with van der Waals surface area (Å²) in [6.45, 7) is 0. The number of benzene rings is 4. The molecule has 0 fully saturated rings. The molecule has 1 amide bonds. The second-order valence-corrected chi connectivity index (χ2v) is 6.98. The van der Waals surface area contributed by atoms with E-state index in [2.05, 4.69) is 10.3 Å². The number of rotatable bonds is 3. The van der Waals surface area contributed by atoms with Crippen molar-refractivity contribution < 1.29 is 14.8 Å². The molecule has 0 radical (unpaired) electrons. The number of nitrogens with zero attached hydrogens (tertiary/aromatic N) is 1. The number of phenolic OH excluding ortho intramolecular Hbond substituents is 1. The molecule has 7 heteroatoms. The summed E-state index contributed by atoms with van der Waals surface area (Å²) in [5.74, 6) is -0.829. The molecule has 0 saturated carbocycles. The molecule has 0 saturated heterocycles. The number of fused-ring (bicyclic) bond motifs is 5. The summed E-state index contributed by atoms with van der Waals surface area (Å²) in [7, 11) is 0. The molecule has 0 aliphatic carbocycles. The van der Waals surface area contributed by atoms with Crippen molar-refractivity contribution in [3.8, 4) is 5.75 Å². The van der Waals surface area contributed by atoms with Gasteiger partial charge in [-0.3, -0.25) is 14.9 Å². The smallest absolute Gasteiger partial charge is 0.292 e. The van der Waals surface area contributed by atoms with Crippen LogP contribution < -0.4 is 5.32 Å². The van der Waals surface area contributed by atoms with Crippen molar-refractivity contribution in [2.45, 2.75) is 0 Å². The highest BCUT2D eigenvalue weighted by Crippen LogP contribution is 2.35. The second-order valence-electron chi connectivity index (χ2n) is 6.98. The highest BCUT2D eigenvalue weighted by molar-refractivity contribution is 6.18. The van der Waals surface area contributed by atoms with Gasteiger partial charge in [0.2, 0.25) is 0 Å². The summed E-state index contributed by atoms with van der Waals surface area (Å²) in [6.07, 6.45) is 0. The minimum atomic E-state index is -0.625. The van der Waals surface area contributed by atoms with E-state index in [9.17, 15) is 20.0 Å². The zero-order valence-electron chi connectivity index (χ0n) is 15.5. The van der Waals surface area contributed by atoms with Gasteiger partial charge in [-0.25, -0.2) is 0 Å². The number of H-pyrrole nitrogens is 1. The molecule has 0 bridgehead atoms. The Kier molecular flexibility index (Phi) is 3.89. The van der Waals surface area contributed by atoms with E-state index in [4.69, 9.17) is 0 Å². The zero-order chi connectivity index (χ0) is 20.8. The molecule has 0 unspecified atom stereocenters. The summed E-state index contributed by atoms with van der Waals surface area (Å²) in [5.41, 5.74) is 1.74. The van der Waals surface area contributed by atoms with E-state index in [-0.39, 0.29) is 22.7 Å². The van der Waals surface area contributed by atoms with Crippen LogP contribution in [0.1, 0.15) is 10.4 Å². The fraction of sp³-hybridized carbons (Fsp3) is 0. The lowest BCUT2D eigenvalue weighted by Crippen LogP contribution is -2.13. The van der Waals surface area contributed by atoms with Gasteiger partial charge in [-0.05, 0) is 29.7 Å². The van der Waals surface area contributed by atoms with Crippen molar-refractivity contribution in [2.24, 2.45) is 0 Å². The number of carbonyl (C=O) groups is 1. The quantitative estimate of drug-likeness (QED) is 0.282. The van der Waals surface area contributed by atoms with Crippen LogP contribution in [0.4, 0.5) is 11.4 Å². The number of carbonyl (C=O) groups excluding carboxylic acids is 1. The number of aromatic nitrogens is 1. The maximum absolute atomic E-state index is 12.8. The average Bonchev–Trinajstić information content (AvgIpc) is 3.12. The number of anilines is 1. The number of aromatic amines is 1. The molecule has 30 heavy (non-hydrogen) atoms. The Labute approximate surface area is 169 Å². The number of nitro groups is 1. The van der Waals surface area contributed by atoms with Crippen LogP contribution in [0.5, 0.6) is 5.75 Å². The topological polar surface area (TPSA) is 108 Å². The molecule has 4 aromatic carbocycles. The standard InChI is InChI=1S/C23H15N3O4/c27-21-12-16-13(9-10-15-14-5-1-2-6-18(14)24-22(15)16)11-17(21)23(28)25-19-7-3-4-8-20(19)26(29)30/h1-12,24,27H,(H,25,28). The second kappa shape index (κ2) is 6.59. The number of aromatic hydroxyl groups is 1. The van der Waals surface area contributed by atoms with Gasteiger partial charge in [-0.15, -0.1) is 0 Å². The Hall–Kier alpha value is -4.39. The molecule has 5 aromatic rings. The van der Waals surface area contributed by atoms with E-state index >= 15 is 0 Å². The Balaban J connectivity index is 1.61. The summed E-state index contributed by atoms with van der Waals surface area (Å²) in [6, 6.07) is 20.8.